The van der Waals surface area contributed by atoms with Crippen LogP contribution in [0.2, 0.25) is 0 Å². The van der Waals surface area contributed by atoms with Crippen LogP contribution >= 0.6 is 0 Å². The zero-order chi connectivity index (χ0) is 19.2. The Labute approximate surface area is 170 Å². The molecular formula is C23H40N2O3. The average molecular weight is 393 g/mol. The van der Waals surface area contributed by atoms with Crippen LogP contribution in [0.25, 0.3) is 0 Å². The summed E-state index contributed by atoms with van der Waals surface area (Å²) in [5, 5.41) is 3.20. The van der Waals surface area contributed by atoms with Crippen molar-refractivity contribution >= 4 is 5.91 Å². The number of amides is 1. The van der Waals surface area contributed by atoms with E-state index in [4.69, 9.17) is 9.47 Å². The van der Waals surface area contributed by atoms with Gasteiger partial charge in [0.25, 0.3) is 0 Å². The molecule has 3 aliphatic carbocycles. The minimum absolute atomic E-state index is 0.0806. The van der Waals surface area contributed by atoms with Crippen molar-refractivity contribution in [2.75, 3.05) is 32.9 Å². The standard InChI is InChI=1S/C23H40N2O3/c26-23(17-28-22-3-1-2-4-22)24-20-11-13-25(14-12-20)21-9-7-19(8-10-21)16-27-15-18-5-6-18/h18-22H,1-17H2,(H,24,26)/t19-,21+. The first kappa shape index (κ1) is 20.6. The molecule has 1 aliphatic heterocycles. The molecule has 1 N–H and O–H groups in total. The number of carbonyl (C=O) groups is 1. The topological polar surface area (TPSA) is 50.8 Å². The first-order valence-electron chi connectivity index (χ1n) is 12.0. The highest BCUT2D eigenvalue weighted by atomic mass is 16.5. The molecule has 0 spiro atoms. The quantitative estimate of drug-likeness (QED) is 0.652. The summed E-state index contributed by atoms with van der Waals surface area (Å²) in [6.45, 7) is 4.49. The third kappa shape index (κ3) is 6.43. The van der Waals surface area contributed by atoms with Crippen molar-refractivity contribution in [3.8, 4) is 0 Å². The van der Waals surface area contributed by atoms with E-state index in [0.29, 0.717) is 12.1 Å². The Hall–Kier alpha value is -0.650. The highest BCUT2D eigenvalue weighted by molar-refractivity contribution is 5.77. The van der Waals surface area contributed by atoms with Crippen LogP contribution in [0.4, 0.5) is 0 Å². The zero-order valence-corrected chi connectivity index (χ0v) is 17.6. The molecule has 5 nitrogen and oxygen atoms in total. The van der Waals surface area contributed by atoms with E-state index in [1.165, 1.54) is 51.4 Å². The Morgan fingerprint density at radius 2 is 1.43 bits per heavy atom. The molecule has 1 heterocycles. The molecule has 4 aliphatic rings. The second kappa shape index (κ2) is 10.4. The normalized spacial score (nSPS) is 30.6. The van der Waals surface area contributed by atoms with Crippen LogP contribution in [0, 0.1) is 11.8 Å². The van der Waals surface area contributed by atoms with Gasteiger partial charge in [-0.2, -0.15) is 0 Å². The Bertz CT molecular complexity index is 474. The van der Waals surface area contributed by atoms with E-state index in [1.807, 2.05) is 0 Å². The summed E-state index contributed by atoms with van der Waals surface area (Å²) in [5.74, 6) is 1.75. The van der Waals surface area contributed by atoms with E-state index in [2.05, 4.69) is 10.2 Å². The fourth-order valence-corrected chi connectivity index (χ4v) is 5.29. The lowest BCUT2D eigenvalue weighted by Crippen LogP contribution is -2.49. The van der Waals surface area contributed by atoms with Gasteiger partial charge in [0.05, 0.1) is 6.10 Å². The van der Waals surface area contributed by atoms with Crippen LogP contribution in [0.1, 0.15) is 77.0 Å². The van der Waals surface area contributed by atoms with Crippen molar-refractivity contribution in [1.82, 2.24) is 10.2 Å². The summed E-state index contributed by atoms with van der Waals surface area (Å²) in [6.07, 6.45) is 15.3. The van der Waals surface area contributed by atoms with E-state index in [9.17, 15) is 4.79 Å². The molecule has 0 radical (unpaired) electrons. The maximum absolute atomic E-state index is 12.2. The van der Waals surface area contributed by atoms with Crippen LogP contribution in [-0.4, -0.2) is 61.9 Å². The minimum atomic E-state index is 0.0806. The van der Waals surface area contributed by atoms with Gasteiger partial charge in [-0.15, -0.1) is 0 Å². The first-order chi connectivity index (χ1) is 13.8. The zero-order valence-electron chi connectivity index (χ0n) is 17.6. The molecule has 5 heteroatoms. The molecular weight excluding hydrogens is 352 g/mol. The lowest BCUT2D eigenvalue weighted by atomic mass is 9.85. The molecule has 4 fully saturated rings. The summed E-state index contributed by atoms with van der Waals surface area (Å²) in [7, 11) is 0. The Kier molecular flexibility index (Phi) is 7.66. The Balaban J connectivity index is 1.07. The molecule has 0 unspecified atom stereocenters. The highest BCUT2D eigenvalue weighted by Crippen LogP contribution is 2.32. The number of nitrogens with zero attached hydrogens (tertiary/aromatic N) is 1. The van der Waals surface area contributed by atoms with Crippen LogP contribution < -0.4 is 5.32 Å². The van der Waals surface area contributed by atoms with Crippen LogP contribution in [0.5, 0.6) is 0 Å². The molecule has 0 atom stereocenters. The molecule has 0 aromatic heterocycles. The molecule has 0 aromatic rings. The molecule has 1 saturated heterocycles. The molecule has 1 amide bonds. The van der Waals surface area contributed by atoms with E-state index >= 15 is 0 Å². The van der Waals surface area contributed by atoms with Gasteiger partial charge in [-0.05, 0) is 76.0 Å². The number of ether oxygens (including phenoxy) is 2. The highest BCUT2D eigenvalue weighted by Gasteiger charge is 2.30. The lowest BCUT2D eigenvalue weighted by Gasteiger charge is -2.41. The number of likely N-dealkylation sites (tertiary alicyclic amines) is 1. The van der Waals surface area contributed by atoms with Gasteiger partial charge in [0, 0.05) is 38.4 Å². The van der Waals surface area contributed by atoms with E-state index < -0.39 is 0 Å². The van der Waals surface area contributed by atoms with Gasteiger partial charge in [0.2, 0.25) is 5.91 Å². The van der Waals surface area contributed by atoms with Crippen LogP contribution in [-0.2, 0) is 14.3 Å². The van der Waals surface area contributed by atoms with Crippen molar-refractivity contribution in [1.29, 1.82) is 0 Å². The maximum atomic E-state index is 12.2. The summed E-state index contributed by atoms with van der Waals surface area (Å²) < 4.78 is 11.7. The number of nitrogens with one attached hydrogen (secondary N) is 1. The molecule has 0 aromatic carbocycles. The molecule has 160 valence electrons. The number of hydrogen-bond acceptors (Lipinski definition) is 4. The van der Waals surface area contributed by atoms with Gasteiger partial charge in [-0.1, -0.05) is 12.8 Å². The van der Waals surface area contributed by atoms with E-state index in [1.54, 1.807) is 0 Å². The average Bonchev–Trinajstić information content (AvgIpc) is 3.39. The number of piperidine rings is 1. The van der Waals surface area contributed by atoms with Crippen molar-refractivity contribution < 1.29 is 14.3 Å². The third-order valence-electron chi connectivity index (χ3n) is 7.38. The minimum Gasteiger partial charge on any atom is -0.381 e. The SMILES string of the molecule is O=C(COC1CCCC1)NC1CCN([C@H]2CC[C@@H](COCC3CC3)CC2)CC1. The third-order valence-corrected chi connectivity index (χ3v) is 7.38. The predicted molar refractivity (Wildman–Crippen MR) is 110 cm³/mol. The monoisotopic (exact) mass is 392 g/mol. The largest absolute Gasteiger partial charge is 0.381 e. The summed E-state index contributed by atoms with van der Waals surface area (Å²) >= 11 is 0. The van der Waals surface area contributed by atoms with Gasteiger partial charge < -0.3 is 19.7 Å². The van der Waals surface area contributed by atoms with Gasteiger partial charge in [-0.3, -0.25) is 4.79 Å². The molecule has 28 heavy (non-hydrogen) atoms. The van der Waals surface area contributed by atoms with E-state index in [0.717, 1.165) is 69.9 Å². The van der Waals surface area contributed by atoms with Crippen LogP contribution in [0.3, 0.4) is 0 Å². The second-order valence-corrected chi connectivity index (χ2v) is 9.75. The predicted octanol–water partition coefficient (Wildman–Crippen LogP) is 3.51. The summed E-state index contributed by atoms with van der Waals surface area (Å²) in [5.41, 5.74) is 0. The Morgan fingerprint density at radius 3 is 2.04 bits per heavy atom. The molecule has 3 saturated carbocycles. The molecule has 4 rings (SSSR count). The van der Waals surface area contributed by atoms with Gasteiger partial charge in [-0.25, -0.2) is 0 Å². The summed E-state index contributed by atoms with van der Waals surface area (Å²) in [4.78, 5) is 14.8. The van der Waals surface area contributed by atoms with Crippen molar-refractivity contribution in [3.05, 3.63) is 0 Å². The fraction of sp³-hybridized carbons (Fsp3) is 0.957. The van der Waals surface area contributed by atoms with Gasteiger partial charge in [0.15, 0.2) is 0 Å². The molecule has 0 bridgehead atoms. The van der Waals surface area contributed by atoms with E-state index in [-0.39, 0.29) is 12.5 Å². The lowest BCUT2D eigenvalue weighted by molar-refractivity contribution is -0.128. The van der Waals surface area contributed by atoms with Crippen molar-refractivity contribution in [2.45, 2.75) is 95.2 Å². The second-order valence-electron chi connectivity index (χ2n) is 9.75. The maximum Gasteiger partial charge on any atom is 0.246 e. The smallest absolute Gasteiger partial charge is 0.246 e. The van der Waals surface area contributed by atoms with Gasteiger partial charge >= 0.3 is 0 Å². The number of carbonyl (C=O) groups excluding carboxylic acids is 1. The fourth-order valence-electron chi connectivity index (χ4n) is 5.29. The van der Waals surface area contributed by atoms with Crippen LogP contribution in [0.15, 0.2) is 0 Å². The Morgan fingerprint density at radius 1 is 0.821 bits per heavy atom. The first-order valence-corrected chi connectivity index (χ1v) is 12.0. The van der Waals surface area contributed by atoms with Crippen molar-refractivity contribution in [3.63, 3.8) is 0 Å². The summed E-state index contributed by atoms with van der Waals surface area (Å²) in [6, 6.07) is 1.09. The number of rotatable bonds is 9. The van der Waals surface area contributed by atoms with Gasteiger partial charge in [0.1, 0.15) is 6.61 Å². The van der Waals surface area contributed by atoms with Crippen molar-refractivity contribution in [2.24, 2.45) is 11.8 Å². The number of hydrogen-bond donors (Lipinski definition) is 1.